The Kier molecular flexibility index (Phi) is 49.0. The molecule has 0 aliphatic carbocycles. The van der Waals surface area contributed by atoms with Crippen LogP contribution < -0.4 is 5.32 Å². The molecule has 12 N–H and O–H groups in total. The van der Waals surface area contributed by atoms with Crippen molar-refractivity contribution in [3.05, 3.63) is 109 Å². The first-order valence-corrected chi connectivity index (χ1v) is 35.6. The fraction of sp³-hybridized carbons (Fsp3) is 0.743. The molecule has 0 bridgehead atoms. The molecular weight excluding hydrogens is 1190 g/mol. The largest absolute Gasteiger partial charge is 0.394 e. The van der Waals surface area contributed by atoms with Gasteiger partial charge in [0.15, 0.2) is 18.9 Å². The van der Waals surface area contributed by atoms with Gasteiger partial charge in [0.25, 0.3) is 0 Å². The number of ether oxygens (including phenoxy) is 6. The molecule has 3 aliphatic heterocycles. The van der Waals surface area contributed by atoms with Crippen molar-refractivity contribution >= 4 is 5.91 Å². The van der Waals surface area contributed by atoms with Gasteiger partial charge in [-0.05, 0) is 89.9 Å². The van der Waals surface area contributed by atoms with Crippen molar-refractivity contribution in [2.45, 2.75) is 324 Å². The molecule has 3 aliphatic rings. The van der Waals surface area contributed by atoms with Crippen molar-refractivity contribution in [1.82, 2.24) is 5.32 Å². The van der Waals surface area contributed by atoms with E-state index < -0.39 is 124 Å². The van der Waals surface area contributed by atoms with Crippen LogP contribution in [0.2, 0.25) is 0 Å². The van der Waals surface area contributed by atoms with Gasteiger partial charge in [0.05, 0.1) is 38.6 Å². The number of unbranched alkanes of at least 4 members (excludes halogenated alkanes) is 21. The van der Waals surface area contributed by atoms with Gasteiger partial charge in [-0.15, -0.1) is 0 Å². The van der Waals surface area contributed by atoms with E-state index in [-0.39, 0.29) is 18.9 Å². The van der Waals surface area contributed by atoms with Crippen LogP contribution in [0.4, 0.5) is 0 Å². The lowest BCUT2D eigenvalue weighted by molar-refractivity contribution is -0.379. The average Bonchev–Trinajstić information content (AvgIpc) is 1.00. The molecule has 0 saturated carbocycles. The van der Waals surface area contributed by atoms with Crippen molar-refractivity contribution in [3.63, 3.8) is 0 Å². The standard InChI is InChI=1S/C74H125NO18/c1-3-5-7-9-11-13-15-17-19-21-23-24-25-26-27-28-29-30-31-32-34-36-38-40-42-44-46-48-50-52-62(80)75-57(58(79)51-49-47-45-43-41-39-37-35-33-22-20-18-16-14-12-10-8-6-4-2)56-88-72-68(86)65(83)70(60(54-77)90-72)93-74-69(87)66(84)71(61(55-78)91-74)92-73-67(85)64(82)63(81)59(53-76)89-73/h5,7,11,13,17,19,23-24,26-27,29-30,32,34,41,43,49,51,57-61,63-74,76-79,81-87H,3-4,6,8-10,12,14-16,18,20-22,25,28,31,33,35-40,42,44-48,50,52-56H2,1-2H3,(H,75,80)/b7-5-,13-11-,19-17-,24-23-,27-26-,30-29-,34-32-,43-41+,51-49+. The number of amides is 1. The minimum Gasteiger partial charge on any atom is -0.394 e. The predicted molar refractivity (Wildman–Crippen MR) is 364 cm³/mol. The summed E-state index contributed by atoms with van der Waals surface area (Å²) in [5.74, 6) is -0.301. The van der Waals surface area contributed by atoms with Crippen molar-refractivity contribution in [2.75, 3.05) is 26.4 Å². The third-order valence-electron chi connectivity index (χ3n) is 17.1. The smallest absolute Gasteiger partial charge is 0.220 e. The van der Waals surface area contributed by atoms with Crippen molar-refractivity contribution in [2.24, 2.45) is 0 Å². The summed E-state index contributed by atoms with van der Waals surface area (Å²) in [6, 6.07) is -1.00. The van der Waals surface area contributed by atoms with Gasteiger partial charge in [-0.1, -0.05) is 232 Å². The summed E-state index contributed by atoms with van der Waals surface area (Å²) in [5.41, 5.74) is 0. The topological polar surface area (TPSA) is 307 Å². The Morgan fingerprint density at radius 1 is 0.398 bits per heavy atom. The summed E-state index contributed by atoms with van der Waals surface area (Å²) in [4.78, 5) is 13.4. The zero-order valence-corrected chi connectivity index (χ0v) is 56.4. The Bertz CT molecular complexity index is 2110. The summed E-state index contributed by atoms with van der Waals surface area (Å²) >= 11 is 0. The summed E-state index contributed by atoms with van der Waals surface area (Å²) in [6.45, 7) is 1.58. The van der Waals surface area contributed by atoms with Gasteiger partial charge in [-0.3, -0.25) is 4.79 Å². The number of allylic oxidation sites excluding steroid dienone is 17. The molecule has 0 spiro atoms. The molecule has 0 aromatic heterocycles. The average molecular weight is 1320 g/mol. The van der Waals surface area contributed by atoms with Crippen LogP contribution in [0.1, 0.15) is 219 Å². The van der Waals surface area contributed by atoms with Crippen LogP contribution in [0.3, 0.4) is 0 Å². The maximum absolute atomic E-state index is 13.4. The van der Waals surface area contributed by atoms with Gasteiger partial charge in [-0.25, -0.2) is 0 Å². The van der Waals surface area contributed by atoms with Crippen LogP contribution in [0, 0.1) is 0 Å². The van der Waals surface area contributed by atoms with E-state index in [1.807, 2.05) is 6.08 Å². The molecule has 19 nitrogen and oxygen atoms in total. The quantitative estimate of drug-likeness (QED) is 0.0199. The Hall–Kier alpha value is -3.55. The summed E-state index contributed by atoms with van der Waals surface area (Å²) in [5, 5.41) is 121. The van der Waals surface area contributed by atoms with E-state index in [2.05, 4.69) is 116 Å². The number of hydrogen-bond acceptors (Lipinski definition) is 18. The first kappa shape index (κ1) is 83.7. The summed E-state index contributed by atoms with van der Waals surface area (Å²) in [7, 11) is 0. The molecule has 1 amide bonds. The number of nitrogens with one attached hydrogen (secondary N) is 1. The molecule has 0 aromatic rings. The van der Waals surface area contributed by atoms with Gasteiger partial charge in [0.2, 0.25) is 5.91 Å². The monoisotopic (exact) mass is 1320 g/mol. The maximum Gasteiger partial charge on any atom is 0.220 e. The van der Waals surface area contributed by atoms with Gasteiger partial charge in [0, 0.05) is 6.42 Å². The van der Waals surface area contributed by atoms with Gasteiger partial charge in [0.1, 0.15) is 73.2 Å². The molecule has 0 radical (unpaired) electrons. The van der Waals surface area contributed by atoms with E-state index in [1.54, 1.807) is 6.08 Å². The molecule has 3 saturated heterocycles. The van der Waals surface area contributed by atoms with E-state index in [0.29, 0.717) is 12.8 Å². The van der Waals surface area contributed by atoms with Crippen LogP contribution in [0.5, 0.6) is 0 Å². The van der Waals surface area contributed by atoms with E-state index >= 15 is 0 Å². The molecule has 3 heterocycles. The first-order valence-electron chi connectivity index (χ1n) is 35.6. The molecule has 3 rings (SSSR count). The number of rotatable bonds is 53. The van der Waals surface area contributed by atoms with Crippen molar-refractivity contribution in [1.29, 1.82) is 0 Å². The maximum atomic E-state index is 13.4. The molecule has 19 heteroatoms. The minimum atomic E-state index is -1.99. The summed E-state index contributed by atoms with van der Waals surface area (Å²) < 4.78 is 34.3. The second-order valence-electron chi connectivity index (χ2n) is 25.0. The molecule has 93 heavy (non-hydrogen) atoms. The molecule has 0 aromatic carbocycles. The zero-order valence-electron chi connectivity index (χ0n) is 56.4. The van der Waals surface area contributed by atoms with Gasteiger partial charge >= 0.3 is 0 Å². The number of aliphatic hydroxyl groups is 11. The molecule has 17 unspecified atom stereocenters. The van der Waals surface area contributed by atoms with Gasteiger partial charge in [-0.2, -0.15) is 0 Å². The Morgan fingerprint density at radius 2 is 0.753 bits per heavy atom. The minimum absolute atomic E-state index is 0.215. The van der Waals surface area contributed by atoms with E-state index in [4.69, 9.17) is 28.4 Å². The number of hydrogen-bond donors (Lipinski definition) is 12. The molecule has 17 atom stereocenters. The molecule has 534 valence electrons. The van der Waals surface area contributed by atoms with E-state index in [1.165, 1.54) is 77.0 Å². The number of carbonyl (C=O) groups excluding carboxylic acids is 1. The van der Waals surface area contributed by atoms with Crippen LogP contribution in [-0.2, 0) is 33.2 Å². The highest BCUT2D eigenvalue weighted by molar-refractivity contribution is 5.76. The fourth-order valence-corrected chi connectivity index (χ4v) is 11.3. The predicted octanol–water partition coefficient (Wildman–Crippen LogP) is 9.83. The van der Waals surface area contributed by atoms with Gasteiger partial charge < -0.3 is 89.9 Å². The van der Waals surface area contributed by atoms with E-state index in [9.17, 15) is 61.0 Å². The lowest BCUT2D eigenvalue weighted by Crippen LogP contribution is -2.66. The second-order valence-corrected chi connectivity index (χ2v) is 25.0. The lowest BCUT2D eigenvalue weighted by Gasteiger charge is -2.48. The fourth-order valence-electron chi connectivity index (χ4n) is 11.3. The molecular formula is C74H125NO18. The second kappa shape index (κ2) is 54.5. The molecule has 3 fully saturated rings. The Balaban J connectivity index is 1.44. The first-order chi connectivity index (χ1) is 45.3. The van der Waals surface area contributed by atoms with Crippen LogP contribution in [0.25, 0.3) is 0 Å². The lowest BCUT2D eigenvalue weighted by atomic mass is 9.96. The van der Waals surface area contributed by atoms with Crippen LogP contribution >= 0.6 is 0 Å². The highest BCUT2D eigenvalue weighted by atomic mass is 16.8. The Morgan fingerprint density at radius 3 is 1.20 bits per heavy atom. The summed E-state index contributed by atoms with van der Waals surface area (Å²) in [6.07, 6.45) is 46.3. The number of aliphatic hydroxyl groups excluding tert-OH is 11. The number of carbonyl (C=O) groups is 1. The highest BCUT2D eigenvalue weighted by Gasteiger charge is 2.53. The third kappa shape index (κ3) is 36.0. The normalized spacial score (nSPS) is 28.2. The zero-order chi connectivity index (χ0) is 67.5. The SMILES string of the molecule is CC/C=C\C/C=C\C/C=C\C/C=C\C/C=C\C/C=C\C/C=C\CCCCCCCCCC(=O)NC(COC1OC(CO)C(OC2OC(CO)C(OC3OC(CO)C(O)C(O)C3O)C(O)C2O)C(O)C1O)C(O)/C=C/CC/C=C/CCCCCCCCCCCCCCC. The highest BCUT2D eigenvalue weighted by Crippen LogP contribution is 2.33. The van der Waals surface area contributed by atoms with E-state index in [0.717, 1.165) is 109 Å². The van der Waals surface area contributed by atoms with Crippen molar-refractivity contribution in [3.8, 4) is 0 Å². The Labute approximate surface area is 557 Å². The van der Waals surface area contributed by atoms with Crippen molar-refractivity contribution < 1.29 is 89.4 Å². The van der Waals surface area contributed by atoms with Crippen LogP contribution in [0.15, 0.2) is 109 Å². The third-order valence-corrected chi connectivity index (χ3v) is 17.1. The van der Waals surface area contributed by atoms with Crippen LogP contribution in [-0.4, -0.2) is 193 Å².